The third-order valence-corrected chi connectivity index (χ3v) is 2.08. The molecule has 0 aromatic heterocycles. The first-order valence-corrected chi connectivity index (χ1v) is 4.70. The molecule has 0 aliphatic heterocycles. The summed E-state index contributed by atoms with van der Waals surface area (Å²) in [6.07, 6.45) is -0.694. The fraction of sp³-hybridized carbons (Fsp3) is 0.273. The minimum absolute atomic E-state index is 0.219. The summed E-state index contributed by atoms with van der Waals surface area (Å²) in [5.74, 6) is -0.451. The monoisotopic (exact) mass is 207 g/mol. The summed E-state index contributed by atoms with van der Waals surface area (Å²) >= 11 is 0. The SMILES string of the molecule is CCC(O)C(=NO)C(=O)c1ccccc1. The largest absolute Gasteiger partial charge is 0.410 e. The lowest BCUT2D eigenvalue weighted by Crippen LogP contribution is -2.28. The molecular formula is C11H13NO3. The van der Waals surface area contributed by atoms with Crippen molar-refractivity contribution in [3.05, 3.63) is 35.9 Å². The summed E-state index contributed by atoms with van der Waals surface area (Å²) in [5.41, 5.74) is 0.182. The van der Waals surface area contributed by atoms with Crippen LogP contribution in [-0.4, -0.2) is 27.9 Å². The molecule has 0 aliphatic rings. The van der Waals surface area contributed by atoms with Crippen molar-refractivity contribution in [3.63, 3.8) is 0 Å². The van der Waals surface area contributed by atoms with E-state index >= 15 is 0 Å². The summed E-state index contributed by atoms with van der Waals surface area (Å²) in [5, 5.41) is 21.0. The molecule has 80 valence electrons. The molecule has 1 rings (SSSR count). The molecule has 15 heavy (non-hydrogen) atoms. The van der Waals surface area contributed by atoms with Gasteiger partial charge >= 0.3 is 0 Å². The van der Waals surface area contributed by atoms with Crippen LogP contribution in [-0.2, 0) is 0 Å². The molecule has 0 amide bonds. The van der Waals surface area contributed by atoms with E-state index in [1.807, 2.05) is 0 Å². The Bertz CT molecular complexity index is 359. The van der Waals surface area contributed by atoms with Crippen molar-refractivity contribution >= 4 is 11.5 Å². The molecule has 0 saturated heterocycles. The fourth-order valence-electron chi connectivity index (χ4n) is 1.19. The molecule has 0 aliphatic carbocycles. The Morgan fingerprint density at radius 2 is 2.00 bits per heavy atom. The van der Waals surface area contributed by atoms with Crippen molar-refractivity contribution in [2.24, 2.45) is 5.16 Å². The van der Waals surface area contributed by atoms with Gasteiger partial charge in [0.2, 0.25) is 5.78 Å². The zero-order valence-corrected chi connectivity index (χ0v) is 8.42. The minimum Gasteiger partial charge on any atom is -0.410 e. The average Bonchev–Trinajstić information content (AvgIpc) is 2.30. The Morgan fingerprint density at radius 3 is 2.47 bits per heavy atom. The Morgan fingerprint density at radius 1 is 1.40 bits per heavy atom. The van der Waals surface area contributed by atoms with Crippen molar-refractivity contribution < 1.29 is 15.1 Å². The van der Waals surface area contributed by atoms with Crippen LogP contribution in [0.1, 0.15) is 23.7 Å². The minimum atomic E-state index is -1.03. The highest BCUT2D eigenvalue weighted by Crippen LogP contribution is 2.05. The van der Waals surface area contributed by atoms with Crippen LogP contribution in [0.15, 0.2) is 35.5 Å². The van der Waals surface area contributed by atoms with Gasteiger partial charge in [0, 0.05) is 5.56 Å². The molecule has 4 heteroatoms. The molecular weight excluding hydrogens is 194 g/mol. The standard InChI is InChI=1S/C11H13NO3/c1-2-9(13)10(12-15)11(14)8-6-4-3-5-7-8/h3-7,9,13,15H,2H2,1H3. The number of rotatable bonds is 4. The fourth-order valence-corrected chi connectivity index (χ4v) is 1.19. The Hall–Kier alpha value is -1.68. The first-order chi connectivity index (χ1) is 7.20. The lowest BCUT2D eigenvalue weighted by molar-refractivity contribution is 0.104. The normalized spacial score (nSPS) is 13.6. The van der Waals surface area contributed by atoms with Crippen LogP contribution in [0.2, 0.25) is 0 Å². The highest BCUT2D eigenvalue weighted by atomic mass is 16.4. The Labute approximate surface area is 87.9 Å². The van der Waals surface area contributed by atoms with Gasteiger partial charge in [-0.3, -0.25) is 4.79 Å². The molecule has 1 aromatic carbocycles. The highest BCUT2D eigenvalue weighted by Gasteiger charge is 2.21. The van der Waals surface area contributed by atoms with E-state index in [9.17, 15) is 9.90 Å². The van der Waals surface area contributed by atoms with Crippen LogP contribution in [0.25, 0.3) is 0 Å². The molecule has 0 fully saturated rings. The summed E-state index contributed by atoms with van der Waals surface area (Å²) < 4.78 is 0. The molecule has 2 N–H and O–H groups in total. The third kappa shape index (κ3) is 2.63. The van der Waals surface area contributed by atoms with E-state index in [2.05, 4.69) is 5.16 Å². The zero-order chi connectivity index (χ0) is 11.3. The van der Waals surface area contributed by atoms with Gasteiger partial charge < -0.3 is 10.3 Å². The maximum Gasteiger partial charge on any atom is 0.213 e. The predicted octanol–water partition coefficient (Wildman–Crippen LogP) is 1.47. The molecule has 1 unspecified atom stereocenters. The van der Waals surface area contributed by atoms with Crippen LogP contribution < -0.4 is 0 Å². The lowest BCUT2D eigenvalue weighted by atomic mass is 10.0. The number of aliphatic hydroxyl groups is 1. The summed E-state index contributed by atoms with van der Waals surface area (Å²) in [7, 11) is 0. The maximum absolute atomic E-state index is 11.7. The second-order valence-corrected chi connectivity index (χ2v) is 3.10. The van der Waals surface area contributed by atoms with Gasteiger partial charge in [0.25, 0.3) is 0 Å². The molecule has 1 aromatic rings. The second-order valence-electron chi connectivity index (χ2n) is 3.10. The number of ketones is 1. The van der Waals surface area contributed by atoms with E-state index in [0.29, 0.717) is 12.0 Å². The topological polar surface area (TPSA) is 69.9 Å². The third-order valence-electron chi connectivity index (χ3n) is 2.08. The van der Waals surface area contributed by atoms with E-state index in [1.54, 1.807) is 37.3 Å². The van der Waals surface area contributed by atoms with Crippen LogP contribution in [0.4, 0.5) is 0 Å². The van der Waals surface area contributed by atoms with Gasteiger partial charge in [-0.25, -0.2) is 0 Å². The van der Waals surface area contributed by atoms with Crippen LogP contribution in [0, 0.1) is 0 Å². The number of hydrogen-bond donors (Lipinski definition) is 2. The van der Waals surface area contributed by atoms with E-state index in [4.69, 9.17) is 5.21 Å². The quantitative estimate of drug-likeness (QED) is 0.340. The average molecular weight is 207 g/mol. The zero-order valence-electron chi connectivity index (χ0n) is 8.42. The van der Waals surface area contributed by atoms with Crippen molar-refractivity contribution in [2.45, 2.75) is 19.4 Å². The highest BCUT2D eigenvalue weighted by molar-refractivity contribution is 6.47. The van der Waals surface area contributed by atoms with Crippen molar-refractivity contribution in [2.75, 3.05) is 0 Å². The first-order valence-electron chi connectivity index (χ1n) is 4.70. The van der Waals surface area contributed by atoms with E-state index in [0.717, 1.165) is 0 Å². The number of carbonyl (C=O) groups is 1. The molecule has 0 spiro atoms. The number of hydrogen-bond acceptors (Lipinski definition) is 4. The van der Waals surface area contributed by atoms with E-state index < -0.39 is 11.9 Å². The molecule has 1 atom stereocenters. The molecule has 0 saturated carbocycles. The van der Waals surface area contributed by atoms with E-state index in [-0.39, 0.29) is 5.71 Å². The number of Topliss-reactive ketones (excluding diaryl/α,β-unsaturated/α-hetero) is 1. The van der Waals surface area contributed by atoms with Crippen LogP contribution in [0.3, 0.4) is 0 Å². The number of benzene rings is 1. The first kappa shape index (κ1) is 11.4. The number of aliphatic hydroxyl groups excluding tert-OH is 1. The van der Waals surface area contributed by atoms with Gasteiger partial charge in [-0.05, 0) is 6.42 Å². The van der Waals surface area contributed by atoms with E-state index in [1.165, 1.54) is 0 Å². The van der Waals surface area contributed by atoms with Gasteiger partial charge in [-0.15, -0.1) is 0 Å². The Balaban J connectivity index is 2.94. The molecule has 0 radical (unpaired) electrons. The van der Waals surface area contributed by atoms with Gasteiger partial charge in [-0.2, -0.15) is 0 Å². The van der Waals surface area contributed by atoms with Gasteiger partial charge in [0.15, 0.2) is 5.71 Å². The van der Waals surface area contributed by atoms with Crippen molar-refractivity contribution in [1.29, 1.82) is 0 Å². The molecule has 4 nitrogen and oxygen atoms in total. The lowest BCUT2D eigenvalue weighted by Gasteiger charge is -2.08. The smallest absolute Gasteiger partial charge is 0.213 e. The second kappa shape index (κ2) is 5.26. The Kier molecular flexibility index (Phi) is 4.00. The van der Waals surface area contributed by atoms with Crippen LogP contribution >= 0.6 is 0 Å². The molecule has 0 heterocycles. The van der Waals surface area contributed by atoms with Crippen molar-refractivity contribution in [3.8, 4) is 0 Å². The number of nitrogens with zero attached hydrogens (tertiary/aromatic N) is 1. The van der Waals surface area contributed by atoms with Crippen LogP contribution in [0.5, 0.6) is 0 Å². The summed E-state index contributed by atoms with van der Waals surface area (Å²) in [6.45, 7) is 1.70. The predicted molar refractivity (Wildman–Crippen MR) is 56.3 cm³/mol. The van der Waals surface area contributed by atoms with Gasteiger partial charge in [0.1, 0.15) is 6.10 Å². The maximum atomic E-state index is 11.7. The van der Waals surface area contributed by atoms with Crippen molar-refractivity contribution in [1.82, 2.24) is 0 Å². The van der Waals surface area contributed by atoms with Gasteiger partial charge in [0.05, 0.1) is 0 Å². The number of oxime groups is 1. The summed E-state index contributed by atoms with van der Waals surface area (Å²) in [6, 6.07) is 8.41. The number of carbonyl (C=O) groups excluding carboxylic acids is 1. The van der Waals surface area contributed by atoms with Gasteiger partial charge in [-0.1, -0.05) is 42.4 Å². The molecule has 0 bridgehead atoms. The summed E-state index contributed by atoms with van der Waals surface area (Å²) in [4.78, 5) is 11.7.